The van der Waals surface area contributed by atoms with Crippen LogP contribution in [0, 0.1) is 11.8 Å². The molecule has 0 fully saturated rings. The Morgan fingerprint density at radius 2 is 2.06 bits per heavy atom. The van der Waals surface area contributed by atoms with Gasteiger partial charge in [-0.2, -0.15) is 0 Å². The number of hydrazine groups is 1. The van der Waals surface area contributed by atoms with Crippen LogP contribution in [0.5, 0.6) is 0 Å². The normalized spacial score (nSPS) is 22.3. The summed E-state index contributed by atoms with van der Waals surface area (Å²) in [6, 6.07) is 9.31. The van der Waals surface area contributed by atoms with E-state index in [1.54, 1.807) is 0 Å². The third-order valence-electron chi connectivity index (χ3n) is 4.52. The van der Waals surface area contributed by atoms with Crippen LogP contribution in [0.3, 0.4) is 0 Å². The highest BCUT2D eigenvalue weighted by molar-refractivity contribution is 5.29. The third-order valence-corrected chi connectivity index (χ3v) is 4.52. The molecule has 0 saturated carbocycles. The lowest BCUT2D eigenvalue weighted by atomic mass is 9.78. The Balaban J connectivity index is 2.02. The van der Waals surface area contributed by atoms with E-state index < -0.39 is 0 Å². The molecule has 0 amide bonds. The van der Waals surface area contributed by atoms with Crippen LogP contribution in [-0.4, -0.2) is 6.04 Å². The summed E-state index contributed by atoms with van der Waals surface area (Å²) in [7, 11) is 0. The first kappa shape index (κ1) is 13.6. The standard InChI is InChI=1S/C16H26N2/c1-3-12(2)10-16(18-17)15-9-8-13-6-4-5-7-14(13)11-15/h4-7,12,15-16,18H,3,8-11,17H2,1-2H3. The molecule has 0 spiro atoms. The van der Waals surface area contributed by atoms with Gasteiger partial charge in [0.25, 0.3) is 0 Å². The van der Waals surface area contributed by atoms with E-state index in [-0.39, 0.29) is 0 Å². The van der Waals surface area contributed by atoms with E-state index in [0.717, 1.165) is 5.92 Å². The predicted octanol–water partition coefficient (Wildman–Crippen LogP) is 3.06. The molecule has 2 nitrogen and oxygen atoms in total. The highest BCUT2D eigenvalue weighted by Gasteiger charge is 2.26. The first-order valence-corrected chi connectivity index (χ1v) is 7.27. The van der Waals surface area contributed by atoms with Gasteiger partial charge >= 0.3 is 0 Å². The first-order valence-electron chi connectivity index (χ1n) is 7.27. The van der Waals surface area contributed by atoms with Crippen molar-refractivity contribution < 1.29 is 0 Å². The SMILES string of the molecule is CCC(C)CC(NN)C1CCc2ccccc2C1. The van der Waals surface area contributed by atoms with E-state index in [0.29, 0.717) is 12.0 Å². The summed E-state index contributed by atoms with van der Waals surface area (Å²) in [5.74, 6) is 7.22. The molecule has 1 aromatic carbocycles. The molecule has 0 radical (unpaired) electrons. The largest absolute Gasteiger partial charge is 0.271 e. The lowest BCUT2D eigenvalue weighted by Crippen LogP contribution is -2.43. The second kappa shape index (κ2) is 6.35. The molecular formula is C16H26N2. The van der Waals surface area contributed by atoms with Crippen molar-refractivity contribution in [3.63, 3.8) is 0 Å². The summed E-state index contributed by atoms with van der Waals surface area (Å²) in [4.78, 5) is 0. The Labute approximate surface area is 111 Å². The summed E-state index contributed by atoms with van der Waals surface area (Å²) < 4.78 is 0. The summed E-state index contributed by atoms with van der Waals surface area (Å²) in [6.45, 7) is 4.58. The molecule has 2 rings (SSSR count). The lowest BCUT2D eigenvalue weighted by molar-refractivity contribution is 0.274. The zero-order valence-corrected chi connectivity index (χ0v) is 11.7. The maximum atomic E-state index is 5.78. The van der Waals surface area contributed by atoms with Crippen molar-refractivity contribution in [2.75, 3.05) is 0 Å². The fourth-order valence-corrected chi connectivity index (χ4v) is 3.07. The summed E-state index contributed by atoms with van der Waals surface area (Å²) in [6.07, 6.45) is 6.09. The predicted molar refractivity (Wildman–Crippen MR) is 77.1 cm³/mol. The van der Waals surface area contributed by atoms with Gasteiger partial charge in [0.1, 0.15) is 0 Å². The monoisotopic (exact) mass is 246 g/mol. The van der Waals surface area contributed by atoms with Crippen molar-refractivity contribution in [2.45, 2.75) is 52.0 Å². The first-order chi connectivity index (χ1) is 8.74. The maximum Gasteiger partial charge on any atom is 0.0244 e. The number of nitrogens with two attached hydrogens (primary N) is 1. The molecular weight excluding hydrogens is 220 g/mol. The summed E-state index contributed by atoms with van der Waals surface area (Å²) in [5.41, 5.74) is 6.13. The minimum atomic E-state index is 0.466. The van der Waals surface area contributed by atoms with Crippen LogP contribution in [-0.2, 0) is 12.8 Å². The number of hydrogen-bond donors (Lipinski definition) is 2. The van der Waals surface area contributed by atoms with Crippen molar-refractivity contribution >= 4 is 0 Å². The maximum absolute atomic E-state index is 5.78. The van der Waals surface area contributed by atoms with Crippen LogP contribution < -0.4 is 11.3 Å². The molecule has 3 unspecified atom stereocenters. The molecule has 3 atom stereocenters. The third kappa shape index (κ3) is 3.12. The average Bonchev–Trinajstić information content (AvgIpc) is 2.44. The number of benzene rings is 1. The molecule has 1 aliphatic rings. The van der Waals surface area contributed by atoms with Crippen molar-refractivity contribution in [1.29, 1.82) is 0 Å². The van der Waals surface area contributed by atoms with Gasteiger partial charge in [0.05, 0.1) is 0 Å². The van der Waals surface area contributed by atoms with Crippen LogP contribution in [0.15, 0.2) is 24.3 Å². The van der Waals surface area contributed by atoms with Crippen molar-refractivity contribution in [1.82, 2.24) is 5.43 Å². The summed E-state index contributed by atoms with van der Waals surface area (Å²) >= 11 is 0. The van der Waals surface area contributed by atoms with Crippen molar-refractivity contribution in [3.8, 4) is 0 Å². The smallest absolute Gasteiger partial charge is 0.0244 e. The van der Waals surface area contributed by atoms with Crippen LogP contribution >= 0.6 is 0 Å². The molecule has 2 heteroatoms. The Hall–Kier alpha value is -0.860. The van der Waals surface area contributed by atoms with Gasteiger partial charge in [0.15, 0.2) is 0 Å². The van der Waals surface area contributed by atoms with E-state index in [2.05, 4.69) is 43.5 Å². The zero-order valence-electron chi connectivity index (χ0n) is 11.7. The van der Waals surface area contributed by atoms with Gasteiger partial charge in [-0.05, 0) is 48.6 Å². The minimum absolute atomic E-state index is 0.466. The van der Waals surface area contributed by atoms with E-state index in [1.165, 1.54) is 43.2 Å². The molecule has 0 aromatic heterocycles. The van der Waals surface area contributed by atoms with Crippen molar-refractivity contribution in [2.24, 2.45) is 17.7 Å². The van der Waals surface area contributed by atoms with Gasteiger partial charge in [-0.3, -0.25) is 11.3 Å². The molecule has 0 aliphatic heterocycles. The van der Waals surface area contributed by atoms with Crippen LogP contribution in [0.2, 0.25) is 0 Å². The quantitative estimate of drug-likeness (QED) is 0.619. The highest BCUT2D eigenvalue weighted by atomic mass is 15.2. The van der Waals surface area contributed by atoms with Gasteiger partial charge in [-0.15, -0.1) is 0 Å². The molecule has 1 aliphatic carbocycles. The molecule has 0 bridgehead atoms. The second-order valence-electron chi connectivity index (χ2n) is 5.79. The van der Waals surface area contributed by atoms with Gasteiger partial charge in [0.2, 0.25) is 0 Å². The average molecular weight is 246 g/mol. The second-order valence-corrected chi connectivity index (χ2v) is 5.79. The Kier molecular flexibility index (Phi) is 4.79. The van der Waals surface area contributed by atoms with Gasteiger partial charge in [-0.25, -0.2) is 0 Å². The Bertz CT molecular complexity index is 375. The molecule has 100 valence electrons. The number of nitrogens with one attached hydrogen (secondary N) is 1. The van der Waals surface area contributed by atoms with Gasteiger partial charge < -0.3 is 0 Å². The number of fused-ring (bicyclic) bond motifs is 1. The summed E-state index contributed by atoms with van der Waals surface area (Å²) in [5, 5.41) is 0. The highest BCUT2D eigenvalue weighted by Crippen LogP contribution is 2.29. The number of rotatable bonds is 5. The van der Waals surface area contributed by atoms with Crippen LogP contribution in [0.25, 0.3) is 0 Å². The van der Waals surface area contributed by atoms with E-state index in [4.69, 9.17) is 5.84 Å². The van der Waals surface area contributed by atoms with E-state index >= 15 is 0 Å². The molecule has 0 saturated heterocycles. The van der Waals surface area contributed by atoms with Crippen molar-refractivity contribution in [3.05, 3.63) is 35.4 Å². The van der Waals surface area contributed by atoms with E-state index in [9.17, 15) is 0 Å². The number of aryl methyl sites for hydroxylation is 1. The fourth-order valence-electron chi connectivity index (χ4n) is 3.07. The van der Waals surface area contributed by atoms with Crippen LogP contribution in [0.1, 0.15) is 44.2 Å². The topological polar surface area (TPSA) is 38.0 Å². The molecule has 3 N–H and O–H groups in total. The van der Waals surface area contributed by atoms with Gasteiger partial charge in [-0.1, -0.05) is 44.5 Å². The molecule has 1 aromatic rings. The number of hydrogen-bond acceptors (Lipinski definition) is 2. The lowest BCUT2D eigenvalue weighted by Gasteiger charge is -2.32. The Morgan fingerprint density at radius 1 is 1.33 bits per heavy atom. The molecule has 18 heavy (non-hydrogen) atoms. The minimum Gasteiger partial charge on any atom is -0.271 e. The zero-order chi connectivity index (χ0) is 13.0. The fraction of sp³-hybridized carbons (Fsp3) is 0.625. The molecule has 0 heterocycles. The Morgan fingerprint density at radius 3 is 2.72 bits per heavy atom. The van der Waals surface area contributed by atoms with E-state index in [1.807, 2.05) is 0 Å². The van der Waals surface area contributed by atoms with Gasteiger partial charge in [0, 0.05) is 6.04 Å². The van der Waals surface area contributed by atoms with Crippen LogP contribution in [0.4, 0.5) is 0 Å².